The fourth-order valence-corrected chi connectivity index (χ4v) is 4.66. The second-order valence-electron chi connectivity index (χ2n) is 6.29. The van der Waals surface area contributed by atoms with Gasteiger partial charge in [-0.1, -0.05) is 47.0 Å². The molecular formula is C17H18Cl2FN3O5S. The number of rotatable bonds is 6. The molecule has 0 aromatic heterocycles. The van der Waals surface area contributed by atoms with Crippen molar-refractivity contribution in [2.75, 3.05) is 6.61 Å². The Balaban J connectivity index is 2.33. The average molecular weight is 466 g/mol. The summed E-state index contributed by atoms with van der Waals surface area (Å²) in [6.07, 6.45) is -1.83. The van der Waals surface area contributed by atoms with Crippen molar-refractivity contribution in [3.63, 3.8) is 0 Å². The number of esters is 2. The molecule has 5 atom stereocenters. The van der Waals surface area contributed by atoms with Crippen molar-refractivity contribution in [1.82, 2.24) is 0 Å². The molecule has 12 heteroatoms. The Morgan fingerprint density at radius 1 is 1.31 bits per heavy atom. The minimum Gasteiger partial charge on any atom is -0.463 e. The van der Waals surface area contributed by atoms with Gasteiger partial charge in [0.25, 0.3) is 0 Å². The number of ether oxygens (including phenoxy) is 3. The molecule has 0 radical (unpaired) electrons. The van der Waals surface area contributed by atoms with Crippen LogP contribution in [0.25, 0.3) is 10.4 Å². The molecule has 0 amide bonds. The zero-order valence-corrected chi connectivity index (χ0v) is 18.0. The minimum absolute atomic E-state index is 0.149. The smallest absolute Gasteiger partial charge is 0.303 e. The van der Waals surface area contributed by atoms with Crippen LogP contribution >= 0.6 is 35.0 Å². The van der Waals surface area contributed by atoms with Gasteiger partial charge in [0.15, 0.2) is 5.82 Å². The summed E-state index contributed by atoms with van der Waals surface area (Å²) >= 11 is 12.9. The summed E-state index contributed by atoms with van der Waals surface area (Å²) in [6, 6.07) is 2.00. The van der Waals surface area contributed by atoms with Gasteiger partial charge >= 0.3 is 11.9 Å². The Bertz CT molecular complexity index is 816. The quantitative estimate of drug-likeness (QED) is 0.197. The topological polar surface area (TPSA) is 111 Å². The number of carbonyl (C=O) groups excluding carboxylic acids is 2. The zero-order valence-electron chi connectivity index (χ0n) is 15.7. The minimum atomic E-state index is -0.949. The molecule has 2 rings (SSSR count). The van der Waals surface area contributed by atoms with E-state index in [1.807, 2.05) is 0 Å². The Morgan fingerprint density at radius 2 is 1.93 bits per heavy atom. The van der Waals surface area contributed by atoms with Gasteiger partial charge in [-0.25, -0.2) is 4.39 Å². The number of benzene rings is 1. The second-order valence-corrected chi connectivity index (χ2v) is 8.28. The van der Waals surface area contributed by atoms with E-state index in [4.69, 9.17) is 42.9 Å². The molecule has 0 bridgehead atoms. The molecule has 1 aromatic carbocycles. The van der Waals surface area contributed by atoms with Crippen LogP contribution in [0.5, 0.6) is 0 Å². The van der Waals surface area contributed by atoms with Gasteiger partial charge < -0.3 is 14.2 Å². The first-order chi connectivity index (χ1) is 13.6. The van der Waals surface area contributed by atoms with Gasteiger partial charge in [0.2, 0.25) is 0 Å². The van der Waals surface area contributed by atoms with Gasteiger partial charge in [-0.05, 0) is 17.7 Å². The van der Waals surface area contributed by atoms with E-state index in [1.54, 1.807) is 6.92 Å². The fourth-order valence-electron chi connectivity index (χ4n) is 2.82. The third kappa shape index (κ3) is 6.13. The maximum Gasteiger partial charge on any atom is 0.303 e. The number of hydrogen-bond acceptors (Lipinski definition) is 7. The lowest BCUT2D eigenvalue weighted by Crippen LogP contribution is -2.55. The van der Waals surface area contributed by atoms with E-state index in [-0.39, 0.29) is 16.7 Å². The van der Waals surface area contributed by atoms with Crippen molar-refractivity contribution < 1.29 is 28.2 Å². The molecule has 0 N–H and O–H groups in total. The Morgan fingerprint density at radius 3 is 2.45 bits per heavy atom. The van der Waals surface area contributed by atoms with Crippen LogP contribution in [0.2, 0.25) is 10.0 Å². The van der Waals surface area contributed by atoms with Gasteiger partial charge in [-0.15, -0.1) is 0 Å². The fraction of sp³-hybridized carbons (Fsp3) is 0.529. The molecule has 1 heterocycles. The molecule has 0 spiro atoms. The number of thioether (sulfide) groups is 1. The van der Waals surface area contributed by atoms with Gasteiger partial charge in [0, 0.05) is 29.6 Å². The predicted octanol–water partition coefficient (Wildman–Crippen LogP) is 4.76. The van der Waals surface area contributed by atoms with Crippen molar-refractivity contribution >= 4 is 46.9 Å². The van der Waals surface area contributed by atoms with E-state index in [1.165, 1.54) is 37.7 Å². The molecule has 29 heavy (non-hydrogen) atoms. The summed E-state index contributed by atoms with van der Waals surface area (Å²) in [5.41, 5.74) is 8.36. The van der Waals surface area contributed by atoms with Crippen molar-refractivity contribution in [2.24, 2.45) is 11.0 Å². The molecule has 1 fully saturated rings. The van der Waals surface area contributed by atoms with Crippen LogP contribution in [-0.4, -0.2) is 42.2 Å². The third-order valence-electron chi connectivity index (χ3n) is 4.13. The van der Waals surface area contributed by atoms with E-state index in [0.717, 1.165) is 0 Å². The molecule has 158 valence electrons. The molecule has 8 nitrogen and oxygen atoms in total. The Labute approximate surface area is 180 Å². The van der Waals surface area contributed by atoms with Crippen LogP contribution < -0.4 is 0 Å². The van der Waals surface area contributed by atoms with E-state index in [0.29, 0.717) is 4.90 Å². The normalized spacial score (nSPS) is 26.3. The van der Waals surface area contributed by atoms with Crippen LogP contribution in [0.3, 0.4) is 0 Å². The monoisotopic (exact) mass is 465 g/mol. The number of halogens is 3. The van der Waals surface area contributed by atoms with Crippen LogP contribution in [0.1, 0.15) is 20.8 Å². The lowest BCUT2D eigenvalue weighted by Gasteiger charge is -2.43. The SMILES string of the molecule is CC(=O)OCC1O[C@H](Sc2cc(Cl)c(F)c(Cl)c2)[C@@H](C)C(N=[N+]=[N-])[C@H]1OC(C)=O. The predicted molar refractivity (Wildman–Crippen MR) is 105 cm³/mol. The molecular weight excluding hydrogens is 448 g/mol. The van der Waals surface area contributed by atoms with Gasteiger partial charge in [-0.3, -0.25) is 9.59 Å². The summed E-state index contributed by atoms with van der Waals surface area (Å²) in [5.74, 6) is -2.29. The van der Waals surface area contributed by atoms with E-state index in [2.05, 4.69) is 10.0 Å². The Hall–Kier alpha value is -1.71. The van der Waals surface area contributed by atoms with E-state index >= 15 is 0 Å². The number of hydrogen-bond donors (Lipinski definition) is 0. The highest BCUT2D eigenvalue weighted by molar-refractivity contribution is 7.99. The van der Waals surface area contributed by atoms with Crippen LogP contribution in [-0.2, 0) is 23.8 Å². The molecule has 0 aliphatic carbocycles. The van der Waals surface area contributed by atoms with Crippen molar-refractivity contribution in [2.45, 2.75) is 49.4 Å². The lowest BCUT2D eigenvalue weighted by atomic mass is 9.91. The van der Waals surface area contributed by atoms with Gasteiger partial charge in [-0.2, -0.15) is 0 Å². The van der Waals surface area contributed by atoms with Crippen LogP contribution in [0.4, 0.5) is 4.39 Å². The first kappa shape index (κ1) is 23.6. The largest absolute Gasteiger partial charge is 0.463 e. The van der Waals surface area contributed by atoms with Crippen molar-refractivity contribution in [3.05, 3.63) is 38.4 Å². The number of carbonyl (C=O) groups is 2. The molecule has 1 aliphatic rings. The maximum atomic E-state index is 13.7. The Kier molecular flexibility index (Phi) is 8.42. The highest BCUT2D eigenvalue weighted by atomic mass is 35.5. The third-order valence-corrected chi connectivity index (χ3v) is 5.96. The van der Waals surface area contributed by atoms with E-state index < -0.39 is 47.4 Å². The highest BCUT2D eigenvalue weighted by Crippen LogP contribution is 2.41. The van der Waals surface area contributed by atoms with Gasteiger partial charge in [0.05, 0.1) is 16.1 Å². The van der Waals surface area contributed by atoms with Crippen molar-refractivity contribution in [3.8, 4) is 0 Å². The molecule has 1 saturated heterocycles. The highest BCUT2D eigenvalue weighted by Gasteiger charge is 2.46. The average Bonchev–Trinajstić information content (AvgIpc) is 2.63. The molecule has 0 saturated carbocycles. The number of nitrogens with zero attached hydrogens (tertiary/aromatic N) is 3. The summed E-state index contributed by atoms with van der Waals surface area (Å²) in [6.45, 7) is 3.98. The van der Waals surface area contributed by atoms with Crippen LogP contribution in [0.15, 0.2) is 22.1 Å². The second kappa shape index (κ2) is 10.4. The van der Waals surface area contributed by atoms with Crippen molar-refractivity contribution in [1.29, 1.82) is 0 Å². The maximum absolute atomic E-state index is 13.7. The standard InChI is InChI=1S/C17H18Cl2FN3O5S/c1-7-15(22-23-21)16(27-9(3)25)13(6-26-8(2)24)28-17(7)29-10-4-11(18)14(20)12(19)5-10/h4-5,7,13,15-17H,6H2,1-3H3/t7-,13?,15?,16-,17+/m0/s1. The zero-order chi connectivity index (χ0) is 21.7. The van der Waals surface area contributed by atoms with Crippen LogP contribution in [0, 0.1) is 11.7 Å². The molecule has 2 unspecified atom stereocenters. The number of azide groups is 1. The van der Waals surface area contributed by atoms with Gasteiger partial charge in [0.1, 0.15) is 24.3 Å². The molecule has 1 aromatic rings. The summed E-state index contributed by atoms with van der Waals surface area (Å²) in [5, 5.41) is 3.48. The summed E-state index contributed by atoms with van der Waals surface area (Å²) in [4.78, 5) is 26.1. The summed E-state index contributed by atoms with van der Waals surface area (Å²) in [7, 11) is 0. The van der Waals surface area contributed by atoms with E-state index in [9.17, 15) is 14.0 Å². The lowest BCUT2D eigenvalue weighted by molar-refractivity contribution is -0.182. The first-order valence-electron chi connectivity index (χ1n) is 8.45. The summed E-state index contributed by atoms with van der Waals surface area (Å²) < 4.78 is 30.0. The first-order valence-corrected chi connectivity index (χ1v) is 10.1. The molecule has 1 aliphatic heterocycles.